The SMILES string of the molecule is CC(=O)CC(=O)CC(C)=NN(C)[SiH](C)C. The Balaban J connectivity index is 4.17. The first-order valence-electron chi connectivity index (χ1n) is 5.11. The van der Waals surface area contributed by atoms with Crippen molar-refractivity contribution in [2.75, 3.05) is 7.05 Å². The third-order valence-corrected chi connectivity index (χ3v) is 3.59. The zero-order valence-electron chi connectivity index (χ0n) is 10.2. The number of hydrogen-bond donors (Lipinski definition) is 0. The van der Waals surface area contributed by atoms with E-state index in [9.17, 15) is 9.59 Å². The van der Waals surface area contributed by atoms with E-state index in [1.165, 1.54) is 6.92 Å². The predicted molar refractivity (Wildman–Crippen MR) is 64.7 cm³/mol. The smallest absolute Gasteiger partial charge is 0.156 e. The van der Waals surface area contributed by atoms with Gasteiger partial charge in [0.2, 0.25) is 0 Å². The highest BCUT2D eigenvalue weighted by Crippen LogP contribution is 1.98. The van der Waals surface area contributed by atoms with E-state index in [0.717, 1.165) is 5.71 Å². The molecule has 0 fully saturated rings. The number of nitrogens with zero attached hydrogens (tertiary/aromatic N) is 2. The summed E-state index contributed by atoms with van der Waals surface area (Å²) in [6.07, 6.45) is 0.306. The van der Waals surface area contributed by atoms with Crippen molar-refractivity contribution in [3.63, 3.8) is 0 Å². The molecule has 0 saturated carbocycles. The van der Waals surface area contributed by atoms with Gasteiger partial charge in [-0.25, -0.2) is 0 Å². The molecular formula is C10H20N2O2Si. The molecule has 0 aliphatic heterocycles. The highest BCUT2D eigenvalue weighted by Gasteiger charge is 2.08. The summed E-state index contributed by atoms with van der Waals surface area (Å²) in [5, 5.41) is 4.30. The summed E-state index contributed by atoms with van der Waals surface area (Å²) in [5.41, 5.74) is 0.782. The van der Waals surface area contributed by atoms with Gasteiger partial charge in [0.1, 0.15) is 11.6 Å². The summed E-state index contributed by atoms with van der Waals surface area (Å²) < 4.78 is 1.94. The molecule has 0 amide bonds. The average molecular weight is 228 g/mol. The molecule has 15 heavy (non-hydrogen) atoms. The lowest BCUT2D eigenvalue weighted by Gasteiger charge is -2.17. The van der Waals surface area contributed by atoms with Crippen molar-refractivity contribution in [3.8, 4) is 0 Å². The van der Waals surface area contributed by atoms with Crippen LogP contribution in [0.2, 0.25) is 13.1 Å². The van der Waals surface area contributed by atoms with Gasteiger partial charge in [-0.1, -0.05) is 13.1 Å². The van der Waals surface area contributed by atoms with Crippen LogP contribution in [0.5, 0.6) is 0 Å². The van der Waals surface area contributed by atoms with Crippen LogP contribution in [-0.2, 0) is 9.59 Å². The Bertz CT molecular complexity index is 275. The molecule has 0 saturated heterocycles. The number of rotatable bonds is 6. The van der Waals surface area contributed by atoms with Crippen LogP contribution < -0.4 is 0 Å². The van der Waals surface area contributed by atoms with E-state index >= 15 is 0 Å². The second kappa shape index (κ2) is 6.50. The largest absolute Gasteiger partial charge is 0.331 e. The molecule has 0 spiro atoms. The Morgan fingerprint density at radius 2 is 1.73 bits per heavy atom. The van der Waals surface area contributed by atoms with E-state index in [1.807, 2.05) is 18.6 Å². The van der Waals surface area contributed by atoms with Crippen LogP contribution in [0, 0.1) is 0 Å². The average Bonchev–Trinajstić information content (AvgIpc) is 2.00. The standard InChI is InChI=1S/C10H20N2O2Si/c1-8(11-12(3)15(4)5)6-10(14)7-9(2)13/h15H,6-7H2,1-5H3. The Kier molecular flexibility index (Phi) is 6.08. The van der Waals surface area contributed by atoms with E-state index in [2.05, 4.69) is 18.2 Å². The Morgan fingerprint density at radius 3 is 2.13 bits per heavy atom. The number of Topliss-reactive ketones (excluding diaryl/α,β-unsaturated/α-hetero) is 2. The van der Waals surface area contributed by atoms with Crippen molar-refractivity contribution in [1.82, 2.24) is 4.67 Å². The van der Waals surface area contributed by atoms with Gasteiger partial charge in [-0.15, -0.1) is 0 Å². The summed E-state index contributed by atoms with van der Waals surface area (Å²) in [7, 11) is 0.999. The van der Waals surface area contributed by atoms with Crippen LogP contribution in [0.4, 0.5) is 0 Å². The monoisotopic (exact) mass is 228 g/mol. The summed E-state index contributed by atoms with van der Waals surface area (Å²) >= 11 is 0. The highest BCUT2D eigenvalue weighted by atomic mass is 28.3. The van der Waals surface area contributed by atoms with E-state index in [0.29, 0.717) is 0 Å². The maximum absolute atomic E-state index is 11.3. The fraction of sp³-hybridized carbons (Fsp3) is 0.700. The van der Waals surface area contributed by atoms with Gasteiger partial charge in [0.05, 0.1) is 6.42 Å². The zero-order chi connectivity index (χ0) is 12.0. The summed E-state index contributed by atoms with van der Waals surface area (Å²) in [5.74, 6) is -0.137. The van der Waals surface area contributed by atoms with Crippen molar-refractivity contribution in [2.45, 2.75) is 39.8 Å². The van der Waals surface area contributed by atoms with Crippen LogP contribution in [0.25, 0.3) is 0 Å². The Morgan fingerprint density at radius 1 is 1.20 bits per heavy atom. The first-order valence-corrected chi connectivity index (χ1v) is 7.93. The van der Waals surface area contributed by atoms with E-state index in [1.54, 1.807) is 0 Å². The molecule has 0 aromatic carbocycles. The van der Waals surface area contributed by atoms with Crippen molar-refractivity contribution in [2.24, 2.45) is 5.10 Å². The van der Waals surface area contributed by atoms with Crippen molar-refractivity contribution >= 4 is 26.2 Å². The number of hydrogen-bond acceptors (Lipinski definition) is 4. The topological polar surface area (TPSA) is 49.7 Å². The minimum absolute atomic E-state index is 0.0235. The molecule has 0 radical (unpaired) electrons. The molecule has 0 bridgehead atoms. The lowest BCUT2D eigenvalue weighted by Crippen LogP contribution is -2.26. The quantitative estimate of drug-likeness (QED) is 0.297. The molecule has 0 heterocycles. The maximum atomic E-state index is 11.3. The molecule has 5 heteroatoms. The zero-order valence-corrected chi connectivity index (χ0v) is 11.4. The van der Waals surface area contributed by atoms with Gasteiger partial charge in [-0.05, 0) is 13.8 Å². The van der Waals surface area contributed by atoms with Crippen molar-refractivity contribution < 1.29 is 9.59 Å². The molecule has 0 N–H and O–H groups in total. The van der Waals surface area contributed by atoms with Gasteiger partial charge in [0.15, 0.2) is 8.96 Å². The van der Waals surface area contributed by atoms with Gasteiger partial charge in [0, 0.05) is 19.2 Å². The predicted octanol–water partition coefficient (Wildman–Crippen LogP) is 1.22. The van der Waals surface area contributed by atoms with E-state index < -0.39 is 8.96 Å². The molecule has 0 aliphatic carbocycles. The second-order valence-electron chi connectivity index (χ2n) is 4.10. The normalized spacial score (nSPS) is 11.7. The van der Waals surface area contributed by atoms with Gasteiger partial charge in [0.25, 0.3) is 0 Å². The summed E-state index contributed by atoms with van der Waals surface area (Å²) in [6.45, 7) is 7.57. The number of carbonyl (C=O) groups is 2. The Hall–Kier alpha value is -0.973. The molecule has 4 nitrogen and oxygen atoms in total. The molecule has 86 valence electrons. The van der Waals surface area contributed by atoms with Crippen LogP contribution in [0.3, 0.4) is 0 Å². The van der Waals surface area contributed by atoms with Crippen LogP contribution in [0.15, 0.2) is 5.10 Å². The third kappa shape index (κ3) is 7.01. The maximum Gasteiger partial charge on any atom is 0.156 e. The first kappa shape index (κ1) is 14.0. The van der Waals surface area contributed by atoms with Gasteiger partial charge in [-0.3, -0.25) is 9.59 Å². The van der Waals surface area contributed by atoms with Gasteiger partial charge in [-0.2, -0.15) is 5.10 Å². The molecule has 0 rings (SSSR count). The van der Waals surface area contributed by atoms with Gasteiger partial charge < -0.3 is 4.67 Å². The number of ketones is 2. The number of carbonyl (C=O) groups excluding carboxylic acids is 2. The molecular weight excluding hydrogens is 208 g/mol. The van der Waals surface area contributed by atoms with Crippen LogP contribution in [-0.4, -0.2) is 38.0 Å². The first-order chi connectivity index (χ1) is 6.82. The van der Waals surface area contributed by atoms with Crippen molar-refractivity contribution in [3.05, 3.63) is 0 Å². The third-order valence-electron chi connectivity index (χ3n) is 1.97. The molecule has 0 atom stereocenters. The van der Waals surface area contributed by atoms with E-state index in [4.69, 9.17) is 0 Å². The fourth-order valence-corrected chi connectivity index (χ4v) is 1.47. The molecule has 0 aromatic heterocycles. The molecule has 0 unspecified atom stereocenters. The molecule has 0 aliphatic rings. The van der Waals surface area contributed by atoms with Crippen molar-refractivity contribution in [1.29, 1.82) is 0 Å². The fourth-order valence-electron chi connectivity index (χ4n) is 1.05. The minimum atomic E-state index is -0.927. The van der Waals surface area contributed by atoms with Gasteiger partial charge >= 0.3 is 0 Å². The van der Waals surface area contributed by atoms with Crippen LogP contribution >= 0.6 is 0 Å². The summed E-state index contributed by atoms with van der Waals surface area (Å²) in [6, 6.07) is 0. The summed E-state index contributed by atoms with van der Waals surface area (Å²) in [4.78, 5) is 22.0. The minimum Gasteiger partial charge on any atom is -0.331 e. The second-order valence-corrected chi connectivity index (χ2v) is 7.03. The van der Waals surface area contributed by atoms with E-state index in [-0.39, 0.29) is 24.4 Å². The lowest BCUT2D eigenvalue weighted by atomic mass is 10.1. The number of hydrazone groups is 1. The highest BCUT2D eigenvalue weighted by molar-refractivity contribution is 6.52. The lowest BCUT2D eigenvalue weighted by molar-refractivity contribution is -0.125. The Labute approximate surface area is 93.0 Å². The molecule has 0 aromatic rings. The van der Waals surface area contributed by atoms with Crippen LogP contribution in [0.1, 0.15) is 26.7 Å².